The lowest BCUT2D eigenvalue weighted by molar-refractivity contribution is 0.0740. The van der Waals surface area contributed by atoms with Crippen LogP contribution in [0.5, 0.6) is 0 Å². The van der Waals surface area contributed by atoms with Crippen molar-refractivity contribution in [1.82, 2.24) is 20.1 Å². The van der Waals surface area contributed by atoms with Crippen molar-refractivity contribution in [3.63, 3.8) is 0 Å². The molecule has 0 spiro atoms. The van der Waals surface area contributed by atoms with Gasteiger partial charge in [-0.05, 0) is 25.0 Å². The highest BCUT2D eigenvalue weighted by Gasteiger charge is 2.19. The lowest BCUT2D eigenvalue weighted by Crippen LogP contribution is -2.31. The molecule has 112 valence electrons. The summed E-state index contributed by atoms with van der Waals surface area (Å²) in [5.41, 5.74) is 0.915. The van der Waals surface area contributed by atoms with Gasteiger partial charge in [-0.1, -0.05) is 36.7 Å². The first-order valence-electron chi connectivity index (χ1n) is 7.09. The van der Waals surface area contributed by atoms with Gasteiger partial charge in [0.2, 0.25) is 5.82 Å². The molecule has 2 rings (SSSR count). The van der Waals surface area contributed by atoms with Crippen LogP contribution in [0.25, 0.3) is 0 Å². The zero-order valence-corrected chi connectivity index (χ0v) is 13.0. The van der Waals surface area contributed by atoms with Crippen molar-refractivity contribution in [3.8, 4) is 0 Å². The Balaban J connectivity index is 2.12. The van der Waals surface area contributed by atoms with Crippen LogP contribution in [0.1, 0.15) is 42.3 Å². The maximum atomic E-state index is 12.4. The van der Waals surface area contributed by atoms with Gasteiger partial charge in [0.25, 0.3) is 5.91 Å². The first-order chi connectivity index (χ1) is 10.2. The van der Waals surface area contributed by atoms with Crippen LogP contribution in [0.15, 0.2) is 24.3 Å². The molecule has 1 aromatic heterocycles. The van der Waals surface area contributed by atoms with E-state index in [-0.39, 0.29) is 11.7 Å². The standard InChI is InChI=1S/C15H19ClN4O/c1-3-7-13-17-14(19-18-13)15(21)20(4-2)10-11-8-5-6-9-12(11)16/h5-6,8-9H,3-4,7,10H2,1-2H3,(H,17,18,19). The highest BCUT2D eigenvalue weighted by molar-refractivity contribution is 6.31. The highest BCUT2D eigenvalue weighted by Crippen LogP contribution is 2.17. The lowest BCUT2D eigenvalue weighted by atomic mass is 10.2. The number of amides is 1. The number of carbonyl (C=O) groups excluding carboxylic acids is 1. The average Bonchev–Trinajstić information content (AvgIpc) is 2.95. The molecular formula is C15H19ClN4O. The number of benzene rings is 1. The number of carbonyl (C=O) groups is 1. The summed E-state index contributed by atoms with van der Waals surface area (Å²) >= 11 is 6.15. The third-order valence-electron chi connectivity index (χ3n) is 3.20. The van der Waals surface area contributed by atoms with Gasteiger partial charge in [-0.25, -0.2) is 4.98 Å². The van der Waals surface area contributed by atoms with Crippen molar-refractivity contribution < 1.29 is 4.79 Å². The summed E-state index contributed by atoms with van der Waals surface area (Å²) in [6.45, 7) is 5.00. The number of rotatable bonds is 6. The molecule has 21 heavy (non-hydrogen) atoms. The van der Waals surface area contributed by atoms with Crippen LogP contribution < -0.4 is 0 Å². The molecule has 0 bridgehead atoms. The number of halogens is 1. The van der Waals surface area contributed by atoms with Crippen molar-refractivity contribution >= 4 is 17.5 Å². The van der Waals surface area contributed by atoms with Gasteiger partial charge in [0.1, 0.15) is 5.82 Å². The van der Waals surface area contributed by atoms with Crippen molar-refractivity contribution in [2.45, 2.75) is 33.2 Å². The molecule has 0 aliphatic carbocycles. The van der Waals surface area contributed by atoms with Gasteiger partial charge in [0.15, 0.2) is 0 Å². The van der Waals surface area contributed by atoms with Crippen molar-refractivity contribution in [1.29, 1.82) is 0 Å². The maximum Gasteiger partial charge on any atom is 0.293 e. The van der Waals surface area contributed by atoms with E-state index in [0.717, 1.165) is 24.2 Å². The highest BCUT2D eigenvalue weighted by atomic mass is 35.5. The molecule has 0 atom stereocenters. The van der Waals surface area contributed by atoms with Crippen LogP contribution in [0.3, 0.4) is 0 Å². The van der Waals surface area contributed by atoms with E-state index in [1.54, 1.807) is 4.90 Å². The van der Waals surface area contributed by atoms with E-state index in [9.17, 15) is 4.79 Å². The van der Waals surface area contributed by atoms with Gasteiger partial charge in [-0.15, -0.1) is 5.10 Å². The van der Waals surface area contributed by atoms with Crippen molar-refractivity contribution in [3.05, 3.63) is 46.5 Å². The molecule has 0 saturated carbocycles. The number of hydrogen-bond donors (Lipinski definition) is 1. The average molecular weight is 307 g/mol. The van der Waals surface area contributed by atoms with Crippen LogP contribution in [0, 0.1) is 0 Å². The second-order valence-electron chi connectivity index (χ2n) is 4.77. The second-order valence-corrected chi connectivity index (χ2v) is 5.17. The Hall–Kier alpha value is -1.88. The Labute approximate surface area is 129 Å². The molecule has 0 aliphatic heterocycles. The van der Waals surface area contributed by atoms with Crippen LogP contribution in [0.2, 0.25) is 5.02 Å². The van der Waals surface area contributed by atoms with E-state index in [4.69, 9.17) is 11.6 Å². The second kappa shape index (κ2) is 7.22. The number of aryl methyl sites for hydroxylation is 1. The molecule has 0 unspecified atom stereocenters. The number of H-pyrrole nitrogens is 1. The lowest BCUT2D eigenvalue weighted by Gasteiger charge is -2.19. The minimum absolute atomic E-state index is 0.184. The van der Waals surface area contributed by atoms with E-state index in [2.05, 4.69) is 22.1 Å². The van der Waals surface area contributed by atoms with Crippen LogP contribution >= 0.6 is 11.6 Å². The minimum atomic E-state index is -0.184. The fourth-order valence-corrected chi connectivity index (χ4v) is 2.24. The monoisotopic (exact) mass is 306 g/mol. The Kier molecular flexibility index (Phi) is 5.33. The zero-order valence-electron chi connectivity index (χ0n) is 12.3. The predicted molar refractivity (Wildman–Crippen MR) is 82.2 cm³/mol. The van der Waals surface area contributed by atoms with Gasteiger partial charge in [0.05, 0.1) is 0 Å². The Morgan fingerprint density at radius 2 is 2.10 bits per heavy atom. The van der Waals surface area contributed by atoms with Gasteiger partial charge in [-0.3, -0.25) is 9.89 Å². The van der Waals surface area contributed by atoms with Gasteiger partial charge in [-0.2, -0.15) is 0 Å². The minimum Gasteiger partial charge on any atom is -0.332 e. The van der Waals surface area contributed by atoms with E-state index in [1.165, 1.54) is 0 Å². The molecule has 1 N–H and O–H groups in total. The summed E-state index contributed by atoms with van der Waals surface area (Å²) in [6, 6.07) is 7.52. The van der Waals surface area contributed by atoms with Crippen LogP contribution in [0.4, 0.5) is 0 Å². The molecule has 0 fully saturated rings. The molecule has 1 amide bonds. The SMILES string of the molecule is CCCc1nc(C(=O)N(CC)Cc2ccccc2Cl)n[nH]1. The number of nitrogens with zero attached hydrogens (tertiary/aromatic N) is 3. The van der Waals surface area contributed by atoms with E-state index < -0.39 is 0 Å². The van der Waals surface area contributed by atoms with Gasteiger partial charge < -0.3 is 4.90 Å². The van der Waals surface area contributed by atoms with E-state index in [0.29, 0.717) is 18.1 Å². The van der Waals surface area contributed by atoms with Crippen LogP contribution in [-0.2, 0) is 13.0 Å². The Bertz CT molecular complexity index is 611. The van der Waals surface area contributed by atoms with Crippen LogP contribution in [-0.4, -0.2) is 32.5 Å². The summed E-state index contributed by atoms with van der Waals surface area (Å²) in [5, 5.41) is 7.47. The van der Waals surface area contributed by atoms with E-state index in [1.807, 2.05) is 31.2 Å². The topological polar surface area (TPSA) is 61.9 Å². The zero-order chi connectivity index (χ0) is 15.2. The van der Waals surface area contributed by atoms with Crippen molar-refractivity contribution in [2.75, 3.05) is 6.54 Å². The largest absolute Gasteiger partial charge is 0.332 e. The summed E-state index contributed by atoms with van der Waals surface area (Å²) in [7, 11) is 0. The number of hydrogen-bond acceptors (Lipinski definition) is 3. The quantitative estimate of drug-likeness (QED) is 0.892. The summed E-state index contributed by atoms with van der Waals surface area (Å²) in [5.74, 6) is 0.776. The fourth-order valence-electron chi connectivity index (χ4n) is 2.04. The predicted octanol–water partition coefficient (Wildman–Crippen LogP) is 3.07. The van der Waals surface area contributed by atoms with Crippen molar-refractivity contribution in [2.24, 2.45) is 0 Å². The smallest absolute Gasteiger partial charge is 0.293 e. The number of aromatic amines is 1. The number of nitrogens with one attached hydrogen (secondary N) is 1. The summed E-state index contributed by atoms with van der Waals surface area (Å²) in [4.78, 5) is 18.4. The van der Waals surface area contributed by atoms with E-state index >= 15 is 0 Å². The third-order valence-corrected chi connectivity index (χ3v) is 3.57. The third kappa shape index (κ3) is 3.82. The fraction of sp³-hybridized carbons (Fsp3) is 0.400. The molecule has 2 aromatic rings. The molecule has 1 heterocycles. The van der Waals surface area contributed by atoms with Gasteiger partial charge in [0, 0.05) is 24.5 Å². The Morgan fingerprint density at radius 3 is 2.76 bits per heavy atom. The molecule has 1 aromatic carbocycles. The van der Waals surface area contributed by atoms with Gasteiger partial charge >= 0.3 is 0 Å². The maximum absolute atomic E-state index is 12.4. The molecule has 0 radical (unpaired) electrons. The first-order valence-corrected chi connectivity index (χ1v) is 7.47. The molecule has 0 aliphatic rings. The molecule has 5 nitrogen and oxygen atoms in total. The summed E-state index contributed by atoms with van der Waals surface area (Å²) in [6.07, 6.45) is 1.75. The first kappa shape index (κ1) is 15.5. The molecule has 0 saturated heterocycles. The molecule has 6 heteroatoms. The Morgan fingerprint density at radius 1 is 1.33 bits per heavy atom. The normalized spacial score (nSPS) is 10.6. The molecular weight excluding hydrogens is 288 g/mol. The summed E-state index contributed by atoms with van der Waals surface area (Å²) < 4.78 is 0. The number of aromatic nitrogens is 3.